The topological polar surface area (TPSA) is 77.5 Å². The zero-order chi connectivity index (χ0) is 15.4. The van der Waals surface area contributed by atoms with Crippen LogP contribution in [0.1, 0.15) is 31.4 Å². The van der Waals surface area contributed by atoms with E-state index in [0.717, 1.165) is 11.5 Å². The number of aryl methyl sites for hydroxylation is 1. The van der Waals surface area contributed by atoms with Gasteiger partial charge in [-0.2, -0.15) is 0 Å². The van der Waals surface area contributed by atoms with Crippen molar-refractivity contribution in [2.24, 2.45) is 0 Å². The minimum absolute atomic E-state index is 0.0175. The van der Waals surface area contributed by atoms with Gasteiger partial charge in [-0.3, -0.25) is 10.1 Å². The van der Waals surface area contributed by atoms with E-state index in [2.05, 4.69) is 5.32 Å². The van der Waals surface area contributed by atoms with Gasteiger partial charge in [-0.05, 0) is 45.0 Å². The second kappa shape index (κ2) is 6.30. The van der Waals surface area contributed by atoms with Crippen LogP contribution in [0.15, 0.2) is 34.7 Å². The summed E-state index contributed by atoms with van der Waals surface area (Å²) in [5, 5.41) is 14.3. The molecule has 0 aliphatic rings. The van der Waals surface area contributed by atoms with Crippen LogP contribution in [-0.4, -0.2) is 11.5 Å². The average molecular weight is 290 g/mol. The Kier molecular flexibility index (Phi) is 4.47. The zero-order valence-electron chi connectivity index (χ0n) is 12.3. The molecular weight excluding hydrogens is 272 g/mol. The second-order valence-corrected chi connectivity index (χ2v) is 4.68. The van der Waals surface area contributed by atoms with Crippen LogP contribution in [0.25, 0.3) is 0 Å². The molecule has 1 N–H and O–H groups in total. The zero-order valence-corrected chi connectivity index (χ0v) is 12.3. The third kappa shape index (κ3) is 3.53. The van der Waals surface area contributed by atoms with Crippen molar-refractivity contribution in [2.45, 2.75) is 26.8 Å². The van der Waals surface area contributed by atoms with Gasteiger partial charge in [-0.1, -0.05) is 0 Å². The highest BCUT2D eigenvalue weighted by molar-refractivity contribution is 5.64. The van der Waals surface area contributed by atoms with Crippen molar-refractivity contribution in [2.75, 3.05) is 11.9 Å². The molecule has 0 saturated carbocycles. The fourth-order valence-corrected chi connectivity index (χ4v) is 2.03. The highest BCUT2D eigenvalue weighted by Crippen LogP contribution is 2.32. The standard InChI is InChI=1S/C15H18N2O4/c1-4-20-12-6-7-13(14(9-12)17(18)19)16-11(3)15-8-5-10(2)21-15/h5-9,11,16H,4H2,1-3H3. The highest BCUT2D eigenvalue weighted by atomic mass is 16.6. The third-order valence-corrected chi connectivity index (χ3v) is 3.04. The molecule has 112 valence electrons. The summed E-state index contributed by atoms with van der Waals surface area (Å²) in [4.78, 5) is 10.8. The number of nitrogens with zero attached hydrogens (tertiary/aromatic N) is 1. The lowest BCUT2D eigenvalue weighted by molar-refractivity contribution is -0.384. The Morgan fingerprint density at radius 3 is 2.71 bits per heavy atom. The quantitative estimate of drug-likeness (QED) is 0.641. The van der Waals surface area contributed by atoms with Gasteiger partial charge >= 0.3 is 0 Å². The molecule has 0 fully saturated rings. The molecule has 2 rings (SSSR count). The van der Waals surface area contributed by atoms with Crippen molar-refractivity contribution < 1.29 is 14.1 Å². The molecule has 1 aromatic carbocycles. The molecule has 0 saturated heterocycles. The van der Waals surface area contributed by atoms with E-state index in [-0.39, 0.29) is 11.7 Å². The first kappa shape index (κ1) is 14.9. The minimum Gasteiger partial charge on any atom is -0.494 e. The largest absolute Gasteiger partial charge is 0.494 e. The lowest BCUT2D eigenvalue weighted by Crippen LogP contribution is -2.08. The molecule has 6 heteroatoms. The van der Waals surface area contributed by atoms with Crippen LogP contribution in [0.4, 0.5) is 11.4 Å². The van der Waals surface area contributed by atoms with E-state index in [0.29, 0.717) is 18.0 Å². The summed E-state index contributed by atoms with van der Waals surface area (Å²) in [6.45, 7) is 6.04. The molecule has 0 aliphatic heterocycles. The SMILES string of the molecule is CCOc1ccc(NC(C)c2ccc(C)o2)c([N+](=O)[O-])c1. The Hall–Kier alpha value is -2.50. The number of nitro benzene ring substituents is 1. The molecule has 1 aromatic heterocycles. The Bertz CT molecular complexity index is 636. The number of benzene rings is 1. The van der Waals surface area contributed by atoms with E-state index < -0.39 is 4.92 Å². The number of nitrogens with one attached hydrogen (secondary N) is 1. The Balaban J connectivity index is 2.24. The number of nitro groups is 1. The first-order chi connectivity index (χ1) is 10.0. The van der Waals surface area contributed by atoms with Gasteiger partial charge in [-0.25, -0.2) is 0 Å². The van der Waals surface area contributed by atoms with Gasteiger partial charge in [0.15, 0.2) is 0 Å². The van der Waals surface area contributed by atoms with Gasteiger partial charge in [0, 0.05) is 0 Å². The summed E-state index contributed by atoms with van der Waals surface area (Å²) in [6, 6.07) is 8.32. The van der Waals surface area contributed by atoms with Crippen LogP contribution in [-0.2, 0) is 0 Å². The lowest BCUT2D eigenvalue weighted by atomic mass is 10.2. The maximum Gasteiger partial charge on any atom is 0.296 e. The second-order valence-electron chi connectivity index (χ2n) is 4.68. The fourth-order valence-electron chi connectivity index (χ4n) is 2.03. The van der Waals surface area contributed by atoms with E-state index in [1.54, 1.807) is 12.1 Å². The average Bonchev–Trinajstić information content (AvgIpc) is 2.87. The molecule has 21 heavy (non-hydrogen) atoms. The predicted molar refractivity (Wildman–Crippen MR) is 79.7 cm³/mol. The van der Waals surface area contributed by atoms with E-state index >= 15 is 0 Å². The van der Waals surface area contributed by atoms with E-state index in [9.17, 15) is 10.1 Å². The summed E-state index contributed by atoms with van der Waals surface area (Å²) >= 11 is 0. The van der Waals surface area contributed by atoms with E-state index in [1.165, 1.54) is 6.07 Å². The molecular formula is C15H18N2O4. The highest BCUT2D eigenvalue weighted by Gasteiger charge is 2.18. The van der Waals surface area contributed by atoms with Crippen LogP contribution in [0.5, 0.6) is 5.75 Å². The van der Waals surface area contributed by atoms with Crippen LogP contribution >= 0.6 is 0 Å². The first-order valence-corrected chi connectivity index (χ1v) is 6.75. The molecule has 0 amide bonds. The first-order valence-electron chi connectivity index (χ1n) is 6.75. The Labute approximate surface area is 122 Å². The molecule has 2 aromatic rings. The normalized spacial score (nSPS) is 12.0. The van der Waals surface area contributed by atoms with Gasteiger partial charge in [-0.15, -0.1) is 0 Å². The lowest BCUT2D eigenvalue weighted by Gasteiger charge is -2.14. The molecule has 0 aliphatic carbocycles. The Morgan fingerprint density at radius 1 is 1.38 bits per heavy atom. The summed E-state index contributed by atoms with van der Waals surface area (Å²) in [5.41, 5.74) is 0.418. The molecule has 1 unspecified atom stereocenters. The summed E-state index contributed by atoms with van der Waals surface area (Å²) < 4.78 is 10.8. The summed E-state index contributed by atoms with van der Waals surface area (Å²) in [6.07, 6.45) is 0. The number of rotatable bonds is 6. The molecule has 1 heterocycles. The smallest absolute Gasteiger partial charge is 0.296 e. The Morgan fingerprint density at radius 2 is 2.14 bits per heavy atom. The number of furan rings is 1. The maximum absolute atomic E-state index is 11.2. The van der Waals surface area contributed by atoms with Crippen molar-refractivity contribution in [1.29, 1.82) is 0 Å². The van der Waals surface area contributed by atoms with Gasteiger partial charge in [0.2, 0.25) is 0 Å². The predicted octanol–water partition coefficient (Wildman–Crippen LogP) is 4.07. The van der Waals surface area contributed by atoms with Crippen molar-refractivity contribution in [3.8, 4) is 5.75 Å². The van der Waals surface area contributed by atoms with E-state index in [4.69, 9.17) is 9.15 Å². The number of anilines is 1. The van der Waals surface area contributed by atoms with Crippen LogP contribution in [0, 0.1) is 17.0 Å². The van der Waals surface area contributed by atoms with Crippen LogP contribution in [0.2, 0.25) is 0 Å². The van der Waals surface area contributed by atoms with Crippen molar-refractivity contribution in [3.05, 3.63) is 52.0 Å². The number of hydrogen-bond acceptors (Lipinski definition) is 5. The van der Waals surface area contributed by atoms with Crippen molar-refractivity contribution >= 4 is 11.4 Å². The van der Waals surface area contributed by atoms with Gasteiger partial charge < -0.3 is 14.5 Å². The monoisotopic (exact) mass is 290 g/mol. The van der Waals surface area contributed by atoms with Gasteiger partial charge in [0.1, 0.15) is 23.0 Å². The van der Waals surface area contributed by atoms with Crippen molar-refractivity contribution in [1.82, 2.24) is 0 Å². The maximum atomic E-state index is 11.2. The van der Waals surface area contributed by atoms with Gasteiger partial charge in [0.05, 0.1) is 23.6 Å². The summed E-state index contributed by atoms with van der Waals surface area (Å²) in [7, 11) is 0. The fraction of sp³-hybridized carbons (Fsp3) is 0.333. The third-order valence-electron chi connectivity index (χ3n) is 3.04. The van der Waals surface area contributed by atoms with Gasteiger partial charge in [0.25, 0.3) is 5.69 Å². The molecule has 0 radical (unpaired) electrons. The van der Waals surface area contributed by atoms with Crippen molar-refractivity contribution in [3.63, 3.8) is 0 Å². The summed E-state index contributed by atoms with van der Waals surface area (Å²) in [5.74, 6) is 2.02. The van der Waals surface area contributed by atoms with Crippen LogP contribution < -0.4 is 10.1 Å². The number of hydrogen-bond donors (Lipinski definition) is 1. The minimum atomic E-state index is -0.426. The molecule has 0 spiro atoms. The molecule has 6 nitrogen and oxygen atoms in total. The molecule has 1 atom stereocenters. The number of ether oxygens (including phenoxy) is 1. The van der Waals surface area contributed by atoms with Crippen LogP contribution in [0.3, 0.4) is 0 Å². The van der Waals surface area contributed by atoms with E-state index in [1.807, 2.05) is 32.9 Å². The molecule has 0 bridgehead atoms.